The van der Waals surface area contributed by atoms with E-state index in [-0.39, 0.29) is 4.90 Å². The van der Waals surface area contributed by atoms with Gasteiger partial charge in [0.1, 0.15) is 0 Å². The van der Waals surface area contributed by atoms with E-state index in [4.69, 9.17) is 5.14 Å². The lowest BCUT2D eigenvalue weighted by Crippen LogP contribution is -2.23. The van der Waals surface area contributed by atoms with Gasteiger partial charge in [0.2, 0.25) is 10.0 Å². The van der Waals surface area contributed by atoms with Crippen LogP contribution in [-0.4, -0.2) is 23.3 Å². The van der Waals surface area contributed by atoms with E-state index < -0.39 is 10.0 Å². The largest absolute Gasteiger partial charge is 0.287 e. The molecule has 134 valence electrons. The van der Waals surface area contributed by atoms with Crippen LogP contribution in [0.3, 0.4) is 0 Å². The van der Waals surface area contributed by atoms with Crippen LogP contribution in [0.5, 0.6) is 0 Å². The van der Waals surface area contributed by atoms with Crippen LogP contribution in [0.15, 0.2) is 78.0 Å². The SMILES string of the molecule is NS(=O)(=O)c1ccc(CN(Cc2ccccn2)Cc2ccccn2)cc1. The fourth-order valence-electron chi connectivity index (χ4n) is 2.65. The molecule has 2 heterocycles. The Labute approximate surface area is 153 Å². The second-order valence-corrected chi connectivity index (χ2v) is 7.54. The highest BCUT2D eigenvalue weighted by Crippen LogP contribution is 2.14. The first-order valence-electron chi connectivity index (χ1n) is 8.14. The van der Waals surface area contributed by atoms with Gasteiger partial charge in [-0.3, -0.25) is 14.9 Å². The topological polar surface area (TPSA) is 89.2 Å². The Morgan fingerprint density at radius 1 is 0.769 bits per heavy atom. The molecule has 3 rings (SSSR count). The Hall–Kier alpha value is -2.61. The fraction of sp³-hybridized carbons (Fsp3) is 0.158. The van der Waals surface area contributed by atoms with Gasteiger partial charge in [-0.1, -0.05) is 24.3 Å². The number of rotatable bonds is 7. The molecule has 1 aromatic carbocycles. The summed E-state index contributed by atoms with van der Waals surface area (Å²) in [6.45, 7) is 1.96. The summed E-state index contributed by atoms with van der Waals surface area (Å²) in [5, 5.41) is 5.16. The zero-order chi connectivity index (χ0) is 18.4. The Morgan fingerprint density at radius 3 is 1.73 bits per heavy atom. The third-order valence-corrected chi connectivity index (χ3v) is 4.81. The van der Waals surface area contributed by atoms with Crippen LogP contribution in [-0.2, 0) is 29.7 Å². The number of nitrogens with zero attached hydrogens (tertiary/aromatic N) is 3. The molecule has 0 aliphatic heterocycles. The molecule has 0 atom stereocenters. The summed E-state index contributed by atoms with van der Waals surface area (Å²) in [5.74, 6) is 0. The monoisotopic (exact) mass is 368 g/mol. The molecule has 0 saturated carbocycles. The average Bonchev–Trinajstić information content (AvgIpc) is 2.63. The minimum atomic E-state index is -3.68. The van der Waals surface area contributed by atoms with E-state index in [9.17, 15) is 8.42 Å². The van der Waals surface area contributed by atoms with Gasteiger partial charge in [0.05, 0.1) is 16.3 Å². The molecule has 6 nitrogen and oxygen atoms in total. The lowest BCUT2D eigenvalue weighted by atomic mass is 10.2. The number of nitrogens with two attached hydrogens (primary N) is 1. The summed E-state index contributed by atoms with van der Waals surface area (Å²) in [5.41, 5.74) is 2.92. The maximum absolute atomic E-state index is 11.4. The second-order valence-electron chi connectivity index (χ2n) is 5.98. The smallest absolute Gasteiger partial charge is 0.238 e. The van der Waals surface area contributed by atoms with Crippen LogP contribution < -0.4 is 5.14 Å². The second kappa shape index (κ2) is 8.18. The van der Waals surface area contributed by atoms with Crippen molar-refractivity contribution in [1.29, 1.82) is 0 Å². The lowest BCUT2D eigenvalue weighted by molar-refractivity contribution is 0.241. The highest BCUT2D eigenvalue weighted by atomic mass is 32.2. The van der Waals surface area contributed by atoms with Gasteiger partial charge in [0.25, 0.3) is 0 Å². The molecule has 2 N–H and O–H groups in total. The highest BCUT2D eigenvalue weighted by molar-refractivity contribution is 7.89. The fourth-order valence-corrected chi connectivity index (χ4v) is 3.17. The van der Waals surface area contributed by atoms with Crippen LogP contribution in [0.2, 0.25) is 0 Å². The molecule has 0 radical (unpaired) electrons. The number of primary sulfonamides is 1. The van der Waals surface area contributed by atoms with Gasteiger partial charge in [-0.2, -0.15) is 0 Å². The molecular weight excluding hydrogens is 348 g/mol. The van der Waals surface area contributed by atoms with E-state index in [2.05, 4.69) is 14.9 Å². The normalized spacial score (nSPS) is 11.6. The Bertz CT molecular complexity index is 889. The van der Waals surface area contributed by atoms with E-state index >= 15 is 0 Å². The van der Waals surface area contributed by atoms with Crippen molar-refractivity contribution in [1.82, 2.24) is 14.9 Å². The molecular formula is C19H20N4O2S. The minimum Gasteiger partial charge on any atom is -0.287 e. The number of sulfonamides is 1. The van der Waals surface area contributed by atoms with Gasteiger partial charge >= 0.3 is 0 Å². The predicted molar refractivity (Wildman–Crippen MR) is 99.2 cm³/mol. The summed E-state index contributed by atoms with van der Waals surface area (Å²) in [7, 11) is -3.68. The summed E-state index contributed by atoms with van der Waals surface area (Å²) in [6, 6.07) is 18.3. The lowest BCUT2D eigenvalue weighted by Gasteiger charge is -2.22. The zero-order valence-electron chi connectivity index (χ0n) is 14.2. The molecule has 0 saturated heterocycles. The molecule has 0 spiro atoms. The van der Waals surface area contributed by atoms with Gasteiger partial charge < -0.3 is 0 Å². The molecule has 0 amide bonds. The summed E-state index contributed by atoms with van der Waals surface area (Å²) in [6.07, 6.45) is 3.55. The van der Waals surface area contributed by atoms with E-state index in [0.717, 1.165) is 17.0 Å². The predicted octanol–water partition coefficient (Wildman–Crippen LogP) is 2.33. The van der Waals surface area contributed by atoms with Crippen LogP contribution in [0.4, 0.5) is 0 Å². The van der Waals surface area contributed by atoms with Crippen molar-refractivity contribution in [3.63, 3.8) is 0 Å². The van der Waals surface area contributed by atoms with Crippen molar-refractivity contribution in [2.75, 3.05) is 0 Å². The number of pyridine rings is 2. The maximum Gasteiger partial charge on any atom is 0.238 e. The van der Waals surface area contributed by atoms with Gasteiger partial charge in [-0.25, -0.2) is 13.6 Å². The standard InChI is InChI=1S/C19H20N4O2S/c20-26(24,25)19-9-7-16(8-10-19)13-23(14-17-5-1-3-11-21-17)15-18-6-2-4-12-22-18/h1-12H,13-15H2,(H2,20,24,25). The number of hydrogen-bond donors (Lipinski definition) is 1. The van der Waals surface area contributed by atoms with Crippen LogP contribution in [0, 0.1) is 0 Å². The maximum atomic E-state index is 11.4. The quantitative estimate of drug-likeness (QED) is 0.691. The molecule has 0 aliphatic rings. The first-order valence-corrected chi connectivity index (χ1v) is 9.69. The van der Waals surface area contributed by atoms with Gasteiger partial charge in [0.15, 0.2) is 0 Å². The molecule has 2 aromatic heterocycles. The Kier molecular flexibility index (Phi) is 5.72. The van der Waals surface area contributed by atoms with E-state index in [1.165, 1.54) is 12.1 Å². The van der Waals surface area contributed by atoms with E-state index in [0.29, 0.717) is 19.6 Å². The first-order chi connectivity index (χ1) is 12.5. The van der Waals surface area contributed by atoms with Crippen LogP contribution in [0.1, 0.15) is 17.0 Å². The molecule has 7 heteroatoms. The Morgan fingerprint density at radius 2 is 1.31 bits per heavy atom. The number of benzene rings is 1. The van der Waals surface area contributed by atoms with Crippen molar-refractivity contribution in [3.8, 4) is 0 Å². The average molecular weight is 368 g/mol. The van der Waals surface area contributed by atoms with E-state index in [1.807, 2.05) is 36.4 Å². The molecule has 26 heavy (non-hydrogen) atoms. The van der Waals surface area contributed by atoms with Gasteiger partial charge in [-0.15, -0.1) is 0 Å². The molecule has 3 aromatic rings. The number of aromatic nitrogens is 2. The Balaban J connectivity index is 1.78. The van der Waals surface area contributed by atoms with Crippen molar-refractivity contribution in [3.05, 3.63) is 90.0 Å². The van der Waals surface area contributed by atoms with Gasteiger partial charge in [-0.05, 0) is 42.0 Å². The summed E-state index contributed by atoms with van der Waals surface area (Å²) < 4.78 is 22.8. The van der Waals surface area contributed by atoms with Crippen molar-refractivity contribution in [2.24, 2.45) is 5.14 Å². The molecule has 0 bridgehead atoms. The van der Waals surface area contributed by atoms with Crippen molar-refractivity contribution >= 4 is 10.0 Å². The third-order valence-electron chi connectivity index (χ3n) is 3.88. The molecule has 0 unspecified atom stereocenters. The van der Waals surface area contributed by atoms with Gasteiger partial charge in [0, 0.05) is 32.0 Å². The molecule has 0 fully saturated rings. The minimum absolute atomic E-state index is 0.113. The first kappa shape index (κ1) is 18.2. The van der Waals surface area contributed by atoms with E-state index in [1.54, 1.807) is 24.5 Å². The third kappa shape index (κ3) is 5.19. The highest BCUT2D eigenvalue weighted by Gasteiger charge is 2.11. The summed E-state index contributed by atoms with van der Waals surface area (Å²) in [4.78, 5) is 11.1. The van der Waals surface area contributed by atoms with Crippen molar-refractivity contribution in [2.45, 2.75) is 24.5 Å². The number of hydrogen-bond acceptors (Lipinski definition) is 5. The van der Waals surface area contributed by atoms with Crippen LogP contribution >= 0.6 is 0 Å². The van der Waals surface area contributed by atoms with Crippen molar-refractivity contribution < 1.29 is 8.42 Å². The summed E-state index contributed by atoms with van der Waals surface area (Å²) >= 11 is 0. The molecule has 0 aliphatic carbocycles. The van der Waals surface area contributed by atoms with Crippen LogP contribution in [0.25, 0.3) is 0 Å². The zero-order valence-corrected chi connectivity index (χ0v) is 15.0.